The minimum atomic E-state index is -0.513. The van der Waals surface area contributed by atoms with Crippen molar-refractivity contribution in [2.24, 2.45) is 0 Å². The number of nitrogens with one attached hydrogen (secondary N) is 3. The Balaban J connectivity index is 1.45. The number of hydrogen-bond acceptors (Lipinski definition) is 5. The summed E-state index contributed by atoms with van der Waals surface area (Å²) in [6.07, 6.45) is 4.76. The molecule has 0 aliphatic carbocycles. The molecular weight excluding hydrogens is 567 g/mol. The third kappa shape index (κ3) is 8.19. The van der Waals surface area contributed by atoms with Crippen LogP contribution in [0.2, 0.25) is 10.0 Å². The molecule has 0 saturated heterocycles. The fourth-order valence-corrected chi connectivity index (χ4v) is 4.72. The first-order valence-corrected chi connectivity index (χ1v) is 13.7. The van der Waals surface area contributed by atoms with Gasteiger partial charge in [0.15, 0.2) is 0 Å². The van der Waals surface area contributed by atoms with E-state index in [4.69, 9.17) is 23.2 Å². The molecule has 0 fully saturated rings. The molecule has 10 heteroatoms. The molecule has 0 aliphatic rings. The molecule has 40 heavy (non-hydrogen) atoms. The predicted molar refractivity (Wildman–Crippen MR) is 162 cm³/mol. The molecule has 0 spiro atoms. The number of carbonyl (C=O) groups is 3. The molecule has 0 aliphatic heterocycles. The Bertz CT molecular complexity index is 1550. The lowest BCUT2D eigenvalue weighted by Gasteiger charge is -2.14. The summed E-state index contributed by atoms with van der Waals surface area (Å²) in [6.45, 7) is 1.77. The van der Waals surface area contributed by atoms with Gasteiger partial charge in [0.2, 0.25) is 5.91 Å². The zero-order chi connectivity index (χ0) is 28.5. The summed E-state index contributed by atoms with van der Waals surface area (Å²) >= 11 is 13.3. The van der Waals surface area contributed by atoms with Gasteiger partial charge >= 0.3 is 0 Å². The Labute approximate surface area is 246 Å². The second-order valence-electron chi connectivity index (χ2n) is 8.52. The van der Waals surface area contributed by atoms with Crippen molar-refractivity contribution in [1.82, 2.24) is 10.3 Å². The SMILES string of the molecule is CC(Sc1cccc(NC(=O)/C(=C/c2cccnc2)NC(=O)c2ccccc2)c1)C(=O)Nc1ccc(Cl)c(Cl)c1. The van der Waals surface area contributed by atoms with Gasteiger partial charge in [-0.3, -0.25) is 19.4 Å². The summed E-state index contributed by atoms with van der Waals surface area (Å²) in [5.74, 6) is -1.15. The van der Waals surface area contributed by atoms with Crippen LogP contribution in [-0.4, -0.2) is 28.0 Å². The number of halogens is 2. The van der Waals surface area contributed by atoms with Crippen molar-refractivity contribution < 1.29 is 14.4 Å². The van der Waals surface area contributed by atoms with Crippen LogP contribution < -0.4 is 16.0 Å². The van der Waals surface area contributed by atoms with Gasteiger partial charge in [-0.2, -0.15) is 0 Å². The van der Waals surface area contributed by atoms with E-state index in [1.54, 1.807) is 104 Å². The van der Waals surface area contributed by atoms with Gasteiger partial charge in [-0.25, -0.2) is 0 Å². The van der Waals surface area contributed by atoms with E-state index in [2.05, 4.69) is 20.9 Å². The Hall–Kier alpha value is -4.11. The van der Waals surface area contributed by atoms with E-state index >= 15 is 0 Å². The number of benzene rings is 3. The molecular formula is C30H24Cl2N4O3S. The number of carbonyl (C=O) groups excluding carboxylic acids is 3. The normalized spacial score (nSPS) is 11.8. The van der Waals surface area contributed by atoms with Crippen LogP contribution in [0.5, 0.6) is 0 Å². The zero-order valence-electron chi connectivity index (χ0n) is 21.2. The smallest absolute Gasteiger partial charge is 0.272 e. The molecule has 3 amide bonds. The second kappa shape index (κ2) is 13.8. The molecule has 3 N–H and O–H groups in total. The maximum atomic E-state index is 13.3. The average Bonchev–Trinajstić information content (AvgIpc) is 2.95. The first-order valence-electron chi connectivity index (χ1n) is 12.1. The molecule has 0 bridgehead atoms. The summed E-state index contributed by atoms with van der Waals surface area (Å²) in [5.41, 5.74) is 2.15. The monoisotopic (exact) mass is 590 g/mol. The Morgan fingerprint density at radius 1 is 0.850 bits per heavy atom. The maximum absolute atomic E-state index is 13.3. The van der Waals surface area contributed by atoms with Crippen molar-refractivity contribution in [3.63, 3.8) is 0 Å². The van der Waals surface area contributed by atoms with Gasteiger partial charge in [0, 0.05) is 34.2 Å². The van der Waals surface area contributed by atoms with Gasteiger partial charge in [0.1, 0.15) is 5.70 Å². The fraction of sp³-hybridized carbons (Fsp3) is 0.0667. The number of anilines is 2. The molecule has 4 rings (SSSR count). The Morgan fingerprint density at radius 2 is 1.62 bits per heavy atom. The van der Waals surface area contributed by atoms with Crippen molar-refractivity contribution in [2.75, 3.05) is 10.6 Å². The number of aromatic nitrogens is 1. The summed E-state index contributed by atoms with van der Waals surface area (Å²) in [6, 6.07) is 24.1. The van der Waals surface area contributed by atoms with Crippen molar-refractivity contribution in [3.05, 3.63) is 124 Å². The summed E-state index contributed by atoms with van der Waals surface area (Å²) in [7, 11) is 0. The number of thioether (sulfide) groups is 1. The fourth-order valence-electron chi connectivity index (χ4n) is 3.49. The van der Waals surface area contributed by atoms with Gasteiger partial charge in [-0.05, 0) is 73.2 Å². The van der Waals surface area contributed by atoms with Crippen LogP contribution in [0.15, 0.2) is 108 Å². The molecule has 4 aromatic rings. The number of amides is 3. The highest BCUT2D eigenvalue weighted by atomic mass is 35.5. The molecule has 1 aromatic heterocycles. The number of rotatable bonds is 9. The van der Waals surface area contributed by atoms with Crippen molar-refractivity contribution in [2.45, 2.75) is 17.1 Å². The summed E-state index contributed by atoms with van der Waals surface area (Å²) in [5, 5.41) is 8.65. The number of nitrogens with zero attached hydrogens (tertiary/aromatic N) is 1. The van der Waals surface area contributed by atoms with Gasteiger partial charge in [-0.1, -0.05) is 53.5 Å². The molecule has 1 heterocycles. The lowest BCUT2D eigenvalue weighted by Crippen LogP contribution is -2.30. The predicted octanol–water partition coefficient (Wildman–Crippen LogP) is 6.92. The standard InChI is InChI=1S/C30H24Cl2N4O3S/c1-19(28(37)34-23-12-13-25(31)26(32)17-23)40-24-11-5-10-22(16-24)35-30(39)27(15-20-7-6-14-33-18-20)36-29(38)21-8-3-2-4-9-21/h2-19H,1H3,(H,34,37)(H,35,39)(H,36,38)/b27-15-. The van der Waals surface area contributed by atoms with Crippen LogP contribution in [0.4, 0.5) is 11.4 Å². The third-order valence-electron chi connectivity index (χ3n) is 5.49. The van der Waals surface area contributed by atoms with E-state index in [0.29, 0.717) is 32.5 Å². The van der Waals surface area contributed by atoms with Crippen LogP contribution in [0, 0.1) is 0 Å². The first kappa shape index (κ1) is 28.9. The van der Waals surface area contributed by atoms with Gasteiger partial charge in [0.05, 0.1) is 15.3 Å². The summed E-state index contributed by atoms with van der Waals surface area (Å²) in [4.78, 5) is 43.6. The third-order valence-corrected chi connectivity index (χ3v) is 7.32. The maximum Gasteiger partial charge on any atom is 0.272 e. The van der Waals surface area contributed by atoms with Crippen molar-refractivity contribution in [3.8, 4) is 0 Å². The molecule has 1 atom stereocenters. The average molecular weight is 592 g/mol. The number of hydrogen-bond donors (Lipinski definition) is 3. The Kier molecular flexibility index (Phi) is 9.96. The number of pyridine rings is 1. The second-order valence-corrected chi connectivity index (χ2v) is 10.8. The molecule has 1 unspecified atom stereocenters. The largest absolute Gasteiger partial charge is 0.325 e. The quantitative estimate of drug-likeness (QED) is 0.145. The highest BCUT2D eigenvalue weighted by molar-refractivity contribution is 8.00. The molecule has 202 valence electrons. The molecule has 3 aromatic carbocycles. The van der Waals surface area contributed by atoms with E-state index in [1.165, 1.54) is 11.8 Å². The van der Waals surface area contributed by atoms with E-state index in [-0.39, 0.29) is 11.6 Å². The van der Waals surface area contributed by atoms with Crippen molar-refractivity contribution >= 4 is 70.1 Å². The van der Waals surface area contributed by atoms with Crippen molar-refractivity contribution in [1.29, 1.82) is 0 Å². The van der Waals surface area contributed by atoms with E-state index < -0.39 is 17.1 Å². The van der Waals surface area contributed by atoms with E-state index in [9.17, 15) is 14.4 Å². The minimum absolute atomic E-state index is 0.0503. The van der Waals surface area contributed by atoms with Crippen LogP contribution >= 0.6 is 35.0 Å². The van der Waals surface area contributed by atoms with Gasteiger partial charge in [0.25, 0.3) is 11.8 Å². The molecule has 0 radical (unpaired) electrons. The van der Waals surface area contributed by atoms with Crippen LogP contribution in [0.3, 0.4) is 0 Å². The zero-order valence-corrected chi connectivity index (χ0v) is 23.6. The highest BCUT2D eigenvalue weighted by Gasteiger charge is 2.18. The lowest BCUT2D eigenvalue weighted by atomic mass is 10.2. The Morgan fingerprint density at radius 3 is 2.35 bits per heavy atom. The van der Waals surface area contributed by atoms with Crippen LogP contribution in [0.1, 0.15) is 22.8 Å². The van der Waals surface area contributed by atoms with Crippen LogP contribution in [0.25, 0.3) is 6.08 Å². The summed E-state index contributed by atoms with van der Waals surface area (Å²) < 4.78 is 0. The minimum Gasteiger partial charge on any atom is -0.325 e. The lowest BCUT2D eigenvalue weighted by molar-refractivity contribution is -0.115. The molecule has 7 nitrogen and oxygen atoms in total. The first-order chi connectivity index (χ1) is 19.3. The van der Waals surface area contributed by atoms with Gasteiger partial charge in [-0.15, -0.1) is 11.8 Å². The molecule has 0 saturated carbocycles. The van der Waals surface area contributed by atoms with E-state index in [1.807, 2.05) is 6.07 Å². The van der Waals surface area contributed by atoms with Crippen LogP contribution in [-0.2, 0) is 9.59 Å². The van der Waals surface area contributed by atoms with E-state index in [0.717, 1.165) is 4.90 Å². The highest BCUT2D eigenvalue weighted by Crippen LogP contribution is 2.28. The van der Waals surface area contributed by atoms with Gasteiger partial charge < -0.3 is 16.0 Å². The topological polar surface area (TPSA) is 100 Å².